The molecule has 0 unspecified atom stereocenters. The second-order valence-electron chi connectivity index (χ2n) is 4.45. The Hall–Kier alpha value is -1.87. The highest BCUT2D eigenvalue weighted by molar-refractivity contribution is 5.74. The molecular weight excluding hydrogens is 224 g/mol. The Labute approximate surface area is 108 Å². The second kappa shape index (κ2) is 5.19. The van der Waals surface area contributed by atoms with Crippen molar-refractivity contribution in [3.63, 3.8) is 0 Å². The number of nitrogens with zero attached hydrogens (tertiary/aromatic N) is 1. The van der Waals surface area contributed by atoms with E-state index in [1.54, 1.807) is 13.3 Å². The van der Waals surface area contributed by atoms with Crippen LogP contribution in [0.5, 0.6) is 5.75 Å². The molecular formula is C15H18N2O. The third kappa shape index (κ3) is 2.36. The van der Waals surface area contributed by atoms with Gasteiger partial charge in [0.1, 0.15) is 5.75 Å². The topological polar surface area (TPSA) is 48.1 Å². The predicted molar refractivity (Wildman–Crippen MR) is 73.6 cm³/mol. The predicted octanol–water partition coefficient (Wildman–Crippen LogP) is 2.83. The van der Waals surface area contributed by atoms with E-state index in [1.807, 2.05) is 12.3 Å². The van der Waals surface area contributed by atoms with E-state index in [1.165, 1.54) is 11.1 Å². The van der Waals surface area contributed by atoms with E-state index in [2.05, 4.69) is 31.0 Å². The van der Waals surface area contributed by atoms with Crippen LogP contribution in [0.3, 0.4) is 0 Å². The minimum Gasteiger partial charge on any atom is -0.496 e. The molecule has 0 radical (unpaired) electrons. The van der Waals surface area contributed by atoms with E-state index in [9.17, 15) is 0 Å². The van der Waals surface area contributed by atoms with E-state index < -0.39 is 0 Å². The molecule has 2 rings (SSSR count). The number of benzene rings is 1. The van der Waals surface area contributed by atoms with E-state index in [0.717, 1.165) is 22.4 Å². The van der Waals surface area contributed by atoms with Gasteiger partial charge in [0.25, 0.3) is 0 Å². The van der Waals surface area contributed by atoms with Crippen LogP contribution < -0.4 is 10.5 Å². The number of rotatable bonds is 3. The molecule has 2 N–H and O–H groups in total. The van der Waals surface area contributed by atoms with Gasteiger partial charge in [0, 0.05) is 30.1 Å². The first-order chi connectivity index (χ1) is 8.65. The van der Waals surface area contributed by atoms with Crippen molar-refractivity contribution in [2.24, 2.45) is 5.73 Å². The number of hydrogen-bond donors (Lipinski definition) is 1. The van der Waals surface area contributed by atoms with Crippen LogP contribution >= 0.6 is 0 Å². The molecule has 1 aromatic heterocycles. The molecule has 0 aliphatic heterocycles. The van der Waals surface area contributed by atoms with Crippen molar-refractivity contribution in [1.29, 1.82) is 0 Å². The first-order valence-electron chi connectivity index (χ1n) is 5.95. The fraction of sp³-hybridized carbons (Fsp3) is 0.267. The van der Waals surface area contributed by atoms with Gasteiger partial charge >= 0.3 is 0 Å². The lowest BCUT2D eigenvalue weighted by molar-refractivity contribution is 0.416. The number of aryl methyl sites for hydroxylation is 2. The molecule has 0 saturated carbocycles. The van der Waals surface area contributed by atoms with Gasteiger partial charge in [-0.25, -0.2) is 0 Å². The van der Waals surface area contributed by atoms with Gasteiger partial charge in [-0.1, -0.05) is 6.07 Å². The molecule has 0 aliphatic carbocycles. The largest absolute Gasteiger partial charge is 0.496 e. The molecule has 1 heterocycles. The van der Waals surface area contributed by atoms with Gasteiger partial charge in [0.2, 0.25) is 0 Å². The molecule has 0 atom stereocenters. The lowest BCUT2D eigenvalue weighted by atomic mass is 9.98. The van der Waals surface area contributed by atoms with Crippen LogP contribution in [0.25, 0.3) is 11.1 Å². The summed E-state index contributed by atoms with van der Waals surface area (Å²) < 4.78 is 5.48. The molecule has 1 aromatic carbocycles. The summed E-state index contributed by atoms with van der Waals surface area (Å²) in [6.45, 7) is 4.64. The average molecular weight is 242 g/mol. The average Bonchev–Trinajstić information content (AvgIpc) is 2.37. The minimum absolute atomic E-state index is 0.494. The fourth-order valence-electron chi connectivity index (χ4n) is 2.20. The molecule has 0 amide bonds. The quantitative estimate of drug-likeness (QED) is 0.900. The van der Waals surface area contributed by atoms with Gasteiger partial charge in [-0.2, -0.15) is 0 Å². The molecule has 18 heavy (non-hydrogen) atoms. The maximum Gasteiger partial charge on any atom is 0.127 e. The molecule has 0 spiro atoms. The Morgan fingerprint density at radius 2 is 1.94 bits per heavy atom. The third-order valence-electron chi connectivity index (χ3n) is 2.98. The number of ether oxygens (including phenoxy) is 1. The molecule has 0 saturated heterocycles. The normalized spacial score (nSPS) is 10.4. The molecule has 0 aliphatic rings. The standard InChI is InChI=1S/C15H18N2O/c1-10-4-11(2)15(14(5-10)18-3)13-6-12(7-16)8-17-9-13/h4-6,8-9H,7,16H2,1-3H3. The highest BCUT2D eigenvalue weighted by Gasteiger charge is 2.10. The van der Waals surface area contributed by atoms with Crippen LogP contribution in [0.2, 0.25) is 0 Å². The highest BCUT2D eigenvalue weighted by Crippen LogP contribution is 2.34. The van der Waals surface area contributed by atoms with Crippen molar-refractivity contribution in [3.8, 4) is 16.9 Å². The van der Waals surface area contributed by atoms with Crippen molar-refractivity contribution in [3.05, 3.63) is 47.3 Å². The van der Waals surface area contributed by atoms with Crippen LogP contribution in [-0.2, 0) is 6.54 Å². The Bertz CT molecular complexity index is 564. The van der Waals surface area contributed by atoms with Crippen molar-refractivity contribution >= 4 is 0 Å². The van der Waals surface area contributed by atoms with E-state index >= 15 is 0 Å². The van der Waals surface area contributed by atoms with E-state index in [0.29, 0.717) is 6.54 Å². The molecule has 3 nitrogen and oxygen atoms in total. The zero-order valence-electron chi connectivity index (χ0n) is 11.0. The second-order valence-corrected chi connectivity index (χ2v) is 4.45. The number of nitrogens with two attached hydrogens (primary N) is 1. The van der Waals surface area contributed by atoms with Crippen molar-refractivity contribution in [2.45, 2.75) is 20.4 Å². The van der Waals surface area contributed by atoms with Crippen molar-refractivity contribution < 1.29 is 4.74 Å². The van der Waals surface area contributed by atoms with Gasteiger partial charge < -0.3 is 10.5 Å². The zero-order valence-corrected chi connectivity index (χ0v) is 11.0. The van der Waals surface area contributed by atoms with Gasteiger partial charge in [-0.05, 0) is 42.7 Å². The summed E-state index contributed by atoms with van der Waals surface area (Å²) in [7, 11) is 1.69. The molecule has 94 valence electrons. The first kappa shape index (κ1) is 12.6. The SMILES string of the molecule is COc1cc(C)cc(C)c1-c1cncc(CN)c1. The summed E-state index contributed by atoms with van der Waals surface area (Å²) in [5.74, 6) is 0.878. The zero-order chi connectivity index (χ0) is 13.1. The summed E-state index contributed by atoms with van der Waals surface area (Å²) >= 11 is 0. The summed E-state index contributed by atoms with van der Waals surface area (Å²) in [5, 5.41) is 0. The lowest BCUT2D eigenvalue weighted by Gasteiger charge is -2.13. The Kier molecular flexibility index (Phi) is 3.63. The highest BCUT2D eigenvalue weighted by atomic mass is 16.5. The van der Waals surface area contributed by atoms with Crippen LogP contribution in [0.4, 0.5) is 0 Å². The number of hydrogen-bond acceptors (Lipinski definition) is 3. The Morgan fingerprint density at radius 3 is 2.61 bits per heavy atom. The number of aromatic nitrogens is 1. The van der Waals surface area contributed by atoms with Crippen molar-refractivity contribution in [1.82, 2.24) is 4.98 Å². The van der Waals surface area contributed by atoms with E-state index in [4.69, 9.17) is 10.5 Å². The maximum absolute atomic E-state index is 5.66. The summed E-state index contributed by atoms with van der Waals surface area (Å²) in [6, 6.07) is 6.25. The Balaban J connectivity index is 2.62. The van der Waals surface area contributed by atoms with Gasteiger partial charge in [-0.15, -0.1) is 0 Å². The van der Waals surface area contributed by atoms with Crippen LogP contribution in [0.1, 0.15) is 16.7 Å². The number of methoxy groups -OCH3 is 1. The molecule has 2 aromatic rings. The summed E-state index contributed by atoms with van der Waals surface area (Å²) in [5.41, 5.74) is 11.2. The Morgan fingerprint density at radius 1 is 1.17 bits per heavy atom. The summed E-state index contributed by atoms with van der Waals surface area (Å²) in [6.07, 6.45) is 3.64. The van der Waals surface area contributed by atoms with Crippen LogP contribution in [0, 0.1) is 13.8 Å². The molecule has 3 heteroatoms. The third-order valence-corrected chi connectivity index (χ3v) is 2.98. The molecule has 0 fully saturated rings. The number of pyridine rings is 1. The monoisotopic (exact) mass is 242 g/mol. The van der Waals surface area contributed by atoms with Crippen molar-refractivity contribution in [2.75, 3.05) is 7.11 Å². The smallest absolute Gasteiger partial charge is 0.127 e. The van der Waals surface area contributed by atoms with Crippen LogP contribution in [-0.4, -0.2) is 12.1 Å². The van der Waals surface area contributed by atoms with Crippen LogP contribution in [0.15, 0.2) is 30.6 Å². The first-order valence-corrected chi connectivity index (χ1v) is 5.95. The van der Waals surface area contributed by atoms with Gasteiger partial charge in [-0.3, -0.25) is 4.98 Å². The van der Waals surface area contributed by atoms with Gasteiger partial charge in [0.05, 0.1) is 7.11 Å². The fourth-order valence-corrected chi connectivity index (χ4v) is 2.20. The summed E-state index contributed by atoms with van der Waals surface area (Å²) in [4.78, 5) is 4.24. The van der Waals surface area contributed by atoms with E-state index in [-0.39, 0.29) is 0 Å². The minimum atomic E-state index is 0.494. The molecule has 0 bridgehead atoms. The lowest BCUT2D eigenvalue weighted by Crippen LogP contribution is -1.98. The maximum atomic E-state index is 5.66. The van der Waals surface area contributed by atoms with Gasteiger partial charge in [0.15, 0.2) is 0 Å².